The van der Waals surface area contributed by atoms with Gasteiger partial charge in [-0.3, -0.25) is 4.79 Å². The number of amides is 1. The van der Waals surface area contributed by atoms with E-state index in [1.54, 1.807) is 31.2 Å². The first-order valence-corrected chi connectivity index (χ1v) is 10.6. The standard InChI is InChI=1S/C20H23NO5S/c1-20(11-12-27(23,24)15-20)21-19(22)14-26-18-9-7-17(8-10-18)25-13-16-5-3-2-4-6-16/h2-10H,11-15H2,1H3,(H,21,22)/t20-/m0/s1. The molecule has 0 aromatic heterocycles. The van der Waals surface area contributed by atoms with Crippen LogP contribution in [0.15, 0.2) is 54.6 Å². The van der Waals surface area contributed by atoms with Crippen molar-refractivity contribution in [2.45, 2.75) is 25.5 Å². The third kappa shape index (κ3) is 5.72. The first-order chi connectivity index (χ1) is 12.8. The Hall–Kier alpha value is -2.54. The Morgan fingerprint density at radius 1 is 1.04 bits per heavy atom. The molecule has 144 valence electrons. The maximum absolute atomic E-state index is 12.1. The Morgan fingerprint density at radius 3 is 2.26 bits per heavy atom. The summed E-state index contributed by atoms with van der Waals surface area (Å²) < 4.78 is 34.4. The van der Waals surface area contributed by atoms with Gasteiger partial charge >= 0.3 is 0 Å². The first kappa shape index (κ1) is 19.2. The molecule has 0 spiro atoms. The minimum Gasteiger partial charge on any atom is -0.489 e. The van der Waals surface area contributed by atoms with Crippen molar-refractivity contribution in [2.24, 2.45) is 0 Å². The van der Waals surface area contributed by atoms with E-state index in [1.807, 2.05) is 30.3 Å². The van der Waals surface area contributed by atoms with Gasteiger partial charge in [-0.05, 0) is 43.2 Å². The van der Waals surface area contributed by atoms with Crippen molar-refractivity contribution in [3.8, 4) is 11.5 Å². The smallest absolute Gasteiger partial charge is 0.258 e. The molecule has 1 N–H and O–H groups in total. The molecule has 1 atom stereocenters. The van der Waals surface area contributed by atoms with Gasteiger partial charge in [0.05, 0.1) is 17.0 Å². The second kappa shape index (κ2) is 8.00. The van der Waals surface area contributed by atoms with Gasteiger partial charge in [-0.2, -0.15) is 0 Å². The topological polar surface area (TPSA) is 81.7 Å². The molecule has 2 aromatic carbocycles. The summed E-state index contributed by atoms with van der Waals surface area (Å²) in [7, 11) is -3.07. The van der Waals surface area contributed by atoms with Crippen LogP contribution in [-0.2, 0) is 21.2 Å². The van der Waals surface area contributed by atoms with E-state index in [-0.39, 0.29) is 24.0 Å². The van der Waals surface area contributed by atoms with Crippen molar-refractivity contribution < 1.29 is 22.7 Å². The van der Waals surface area contributed by atoms with Gasteiger partial charge < -0.3 is 14.8 Å². The molecule has 1 heterocycles. The third-order valence-electron chi connectivity index (χ3n) is 4.39. The molecule has 0 radical (unpaired) electrons. The van der Waals surface area contributed by atoms with Crippen LogP contribution in [0.25, 0.3) is 0 Å². The SMILES string of the molecule is C[C@]1(NC(=O)COc2ccc(OCc3ccccc3)cc2)CCS(=O)(=O)C1. The highest BCUT2D eigenvalue weighted by molar-refractivity contribution is 7.91. The van der Waals surface area contributed by atoms with Crippen LogP contribution in [-0.4, -0.2) is 38.0 Å². The molecular formula is C20H23NO5S. The van der Waals surface area contributed by atoms with Gasteiger partial charge in [-0.1, -0.05) is 30.3 Å². The lowest BCUT2D eigenvalue weighted by Gasteiger charge is -2.23. The molecule has 1 aliphatic heterocycles. The minimum atomic E-state index is -3.07. The monoisotopic (exact) mass is 389 g/mol. The summed E-state index contributed by atoms with van der Waals surface area (Å²) in [6.07, 6.45) is 0.425. The normalized spacial score (nSPS) is 20.8. The average Bonchev–Trinajstić information content (AvgIpc) is 2.92. The van der Waals surface area contributed by atoms with Gasteiger partial charge in [0.15, 0.2) is 16.4 Å². The number of carbonyl (C=O) groups excluding carboxylic acids is 1. The lowest BCUT2D eigenvalue weighted by Crippen LogP contribution is -2.48. The van der Waals surface area contributed by atoms with Gasteiger partial charge in [0.25, 0.3) is 5.91 Å². The number of benzene rings is 2. The first-order valence-electron chi connectivity index (χ1n) is 8.75. The van der Waals surface area contributed by atoms with E-state index in [9.17, 15) is 13.2 Å². The van der Waals surface area contributed by atoms with Crippen molar-refractivity contribution in [2.75, 3.05) is 18.1 Å². The number of hydrogen-bond donors (Lipinski definition) is 1. The van der Waals surface area contributed by atoms with Gasteiger partial charge in [0, 0.05) is 0 Å². The summed E-state index contributed by atoms with van der Waals surface area (Å²) in [6, 6.07) is 16.9. The van der Waals surface area contributed by atoms with Crippen molar-refractivity contribution in [1.82, 2.24) is 5.32 Å². The number of hydrogen-bond acceptors (Lipinski definition) is 5. The van der Waals surface area contributed by atoms with Crippen molar-refractivity contribution >= 4 is 15.7 Å². The summed E-state index contributed by atoms with van der Waals surface area (Å²) in [4.78, 5) is 12.1. The summed E-state index contributed by atoms with van der Waals surface area (Å²) in [5.41, 5.74) is 0.367. The zero-order valence-corrected chi connectivity index (χ0v) is 16.0. The van der Waals surface area contributed by atoms with Crippen LogP contribution in [0.5, 0.6) is 11.5 Å². The fourth-order valence-electron chi connectivity index (χ4n) is 3.00. The van der Waals surface area contributed by atoms with Gasteiger partial charge in [-0.15, -0.1) is 0 Å². The number of rotatable bonds is 7. The second-order valence-electron chi connectivity index (χ2n) is 6.99. The Kier molecular flexibility index (Phi) is 5.70. The maximum Gasteiger partial charge on any atom is 0.258 e. The number of nitrogens with one attached hydrogen (secondary N) is 1. The van der Waals surface area contributed by atoms with Crippen LogP contribution in [0, 0.1) is 0 Å². The van der Waals surface area contributed by atoms with Crippen molar-refractivity contribution in [3.05, 3.63) is 60.2 Å². The number of carbonyl (C=O) groups is 1. The zero-order valence-electron chi connectivity index (χ0n) is 15.2. The zero-order chi connectivity index (χ0) is 19.3. The molecule has 3 rings (SSSR count). The molecule has 1 fully saturated rings. The van der Waals surface area contributed by atoms with Crippen LogP contribution < -0.4 is 14.8 Å². The van der Waals surface area contributed by atoms with Crippen LogP contribution >= 0.6 is 0 Å². The summed E-state index contributed by atoms with van der Waals surface area (Å²) in [6.45, 7) is 2.05. The fourth-order valence-corrected chi connectivity index (χ4v) is 5.10. The lowest BCUT2D eigenvalue weighted by molar-refractivity contribution is -0.124. The number of sulfone groups is 1. The largest absolute Gasteiger partial charge is 0.489 e. The molecule has 0 unspecified atom stereocenters. The molecule has 27 heavy (non-hydrogen) atoms. The molecule has 1 amide bonds. The van der Waals surface area contributed by atoms with E-state index in [0.29, 0.717) is 24.5 Å². The average molecular weight is 389 g/mol. The molecule has 2 aromatic rings. The van der Waals surface area contributed by atoms with E-state index in [4.69, 9.17) is 9.47 Å². The summed E-state index contributed by atoms with van der Waals surface area (Å²) >= 11 is 0. The molecule has 0 aliphatic carbocycles. The highest BCUT2D eigenvalue weighted by Crippen LogP contribution is 2.23. The highest BCUT2D eigenvalue weighted by Gasteiger charge is 2.39. The Balaban J connectivity index is 1.45. The van der Waals surface area contributed by atoms with E-state index in [1.165, 1.54) is 0 Å². The van der Waals surface area contributed by atoms with Crippen LogP contribution in [0.3, 0.4) is 0 Å². The fraction of sp³-hybridized carbons (Fsp3) is 0.350. The van der Waals surface area contributed by atoms with Gasteiger partial charge in [0.2, 0.25) is 0 Å². The second-order valence-corrected chi connectivity index (χ2v) is 9.17. The predicted octanol–water partition coefficient (Wildman–Crippen LogP) is 2.34. The van der Waals surface area contributed by atoms with E-state index < -0.39 is 15.4 Å². The minimum absolute atomic E-state index is 0.0286. The maximum atomic E-state index is 12.1. The molecule has 0 saturated carbocycles. The van der Waals surface area contributed by atoms with E-state index >= 15 is 0 Å². The van der Waals surface area contributed by atoms with Crippen LogP contribution in [0.4, 0.5) is 0 Å². The molecule has 7 heteroatoms. The summed E-state index contributed by atoms with van der Waals surface area (Å²) in [5, 5.41) is 2.76. The Labute approximate surface area is 159 Å². The number of ether oxygens (including phenoxy) is 2. The third-order valence-corrected chi connectivity index (χ3v) is 6.29. The molecule has 1 aliphatic rings. The van der Waals surface area contributed by atoms with Gasteiger partial charge in [-0.25, -0.2) is 8.42 Å². The molecule has 0 bridgehead atoms. The Morgan fingerprint density at radius 2 is 1.67 bits per heavy atom. The van der Waals surface area contributed by atoms with Crippen LogP contribution in [0.2, 0.25) is 0 Å². The molecule has 6 nitrogen and oxygen atoms in total. The van der Waals surface area contributed by atoms with Crippen LogP contribution in [0.1, 0.15) is 18.9 Å². The van der Waals surface area contributed by atoms with Gasteiger partial charge in [0.1, 0.15) is 18.1 Å². The summed E-state index contributed by atoms with van der Waals surface area (Å²) in [5.74, 6) is 0.994. The van der Waals surface area contributed by atoms with E-state index in [2.05, 4.69) is 5.32 Å². The predicted molar refractivity (Wildman–Crippen MR) is 103 cm³/mol. The van der Waals surface area contributed by atoms with Crippen molar-refractivity contribution in [1.29, 1.82) is 0 Å². The lowest BCUT2D eigenvalue weighted by atomic mass is 10.0. The molecule has 1 saturated heterocycles. The quantitative estimate of drug-likeness (QED) is 0.786. The highest BCUT2D eigenvalue weighted by atomic mass is 32.2. The molecular weight excluding hydrogens is 366 g/mol. The van der Waals surface area contributed by atoms with E-state index in [0.717, 1.165) is 5.56 Å². The Bertz CT molecular complexity index is 880. The van der Waals surface area contributed by atoms with Crippen molar-refractivity contribution in [3.63, 3.8) is 0 Å².